The summed E-state index contributed by atoms with van der Waals surface area (Å²) in [5.41, 5.74) is 1.46. The number of carbonyl (C=O) groups is 1. The SMILES string of the molecule is CCC(C)OC(=O)c1nnc(N=Nc2cc3c(cc2NS(=O)(=O)CC(F)(F)F)N(CC)CCC3)s1. The van der Waals surface area contributed by atoms with Gasteiger partial charge in [0, 0.05) is 18.8 Å². The molecular formula is C20H25F3N6O4S2. The van der Waals surface area contributed by atoms with E-state index in [0.717, 1.165) is 29.9 Å². The number of benzene rings is 1. The number of nitrogens with zero attached hydrogens (tertiary/aromatic N) is 5. The Labute approximate surface area is 204 Å². The minimum atomic E-state index is -4.91. The van der Waals surface area contributed by atoms with Gasteiger partial charge in [0.25, 0.3) is 5.13 Å². The van der Waals surface area contributed by atoms with Crippen LogP contribution in [0.4, 0.5) is 35.4 Å². The van der Waals surface area contributed by atoms with Gasteiger partial charge in [-0.3, -0.25) is 4.72 Å². The largest absolute Gasteiger partial charge is 0.457 e. The van der Waals surface area contributed by atoms with Crippen molar-refractivity contribution in [1.29, 1.82) is 0 Å². The zero-order valence-corrected chi connectivity index (χ0v) is 20.9. The normalized spacial score (nSPS) is 15.2. The van der Waals surface area contributed by atoms with E-state index < -0.39 is 27.9 Å². The average molecular weight is 535 g/mol. The van der Waals surface area contributed by atoms with Gasteiger partial charge in [-0.1, -0.05) is 18.3 Å². The molecule has 1 unspecified atom stereocenters. The first kappa shape index (κ1) is 26.8. The molecule has 0 amide bonds. The molecule has 10 nitrogen and oxygen atoms in total. The van der Waals surface area contributed by atoms with Crippen LogP contribution in [0.25, 0.3) is 0 Å². The maximum atomic E-state index is 12.8. The second-order valence-corrected chi connectivity index (χ2v) is 10.5. The van der Waals surface area contributed by atoms with Crippen molar-refractivity contribution in [1.82, 2.24) is 10.2 Å². The number of anilines is 2. The molecule has 0 bridgehead atoms. The summed E-state index contributed by atoms with van der Waals surface area (Å²) in [6.07, 6.45) is -3.05. The number of azo groups is 1. The molecule has 0 spiro atoms. The van der Waals surface area contributed by atoms with Gasteiger partial charge in [-0.15, -0.1) is 20.4 Å². The lowest BCUT2D eigenvalue weighted by atomic mass is 10.0. The van der Waals surface area contributed by atoms with Gasteiger partial charge in [0.05, 0.1) is 11.8 Å². The van der Waals surface area contributed by atoms with Gasteiger partial charge in [-0.05, 0) is 50.8 Å². The predicted molar refractivity (Wildman–Crippen MR) is 125 cm³/mol. The van der Waals surface area contributed by atoms with Gasteiger partial charge in [0.15, 0.2) is 5.75 Å². The van der Waals surface area contributed by atoms with E-state index in [0.29, 0.717) is 25.1 Å². The fourth-order valence-electron chi connectivity index (χ4n) is 3.36. The lowest BCUT2D eigenvalue weighted by Gasteiger charge is -2.31. The maximum Gasteiger partial charge on any atom is 0.404 e. The topological polar surface area (TPSA) is 126 Å². The van der Waals surface area contributed by atoms with Crippen LogP contribution in [0.2, 0.25) is 0 Å². The highest BCUT2D eigenvalue weighted by Gasteiger charge is 2.35. The van der Waals surface area contributed by atoms with Gasteiger partial charge in [0.2, 0.25) is 15.0 Å². The zero-order valence-electron chi connectivity index (χ0n) is 19.3. The second-order valence-electron chi connectivity index (χ2n) is 7.87. The van der Waals surface area contributed by atoms with Gasteiger partial charge in [0.1, 0.15) is 5.69 Å². The van der Waals surface area contributed by atoms with Crippen LogP contribution in [0.15, 0.2) is 22.4 Å². The Morgan fingerprint density at radius 3 is 2.69 bits per heavy atom. The summed E-state index contributed by atoms with van der Waals surface area (Å²) in [5, 5.41) is 15.4. The van der Waals surface area contributed by atoms with Crippen LogP contribution in [0.3, 0.4) is 0 Å². The minimum Gasteiger partial charge on any atom is -0.457 e. The molecule has 35 heavy (non-hydrogen) atoms. The van der Waals surface area contributed by atoms with Crippen molar-refractivity contribution in [2.45, 2.75) is 52.3 Å². The van der Waals surface area contributed by atoms with Crippen LogP contribution in [0, 0.1) is 0 Å². The summed E-state index contributed by atoms with van der Waals surface area (Å²) in [5.74, 6) is -2.70. The van der Waals surface area contributed by atoms with Crippen LogP contribution >= 0.6 is 11.3 Å². The van der Waals surface area contributed by atoms with Crippen LogP contribution in [-0.4, -0.2) is 55.7 Å². The number of carbonyl (C=O) groups excluding carboxylic acids is 1. The maximum absolute atomic E-state index is 12.8. The van der Waals surface area contributed by atoms with E-state index in [-0.39, 0.29) is 27.6 Å². The molecule has 2 aromatic rings. The van der Waals surface area contributed by atoms with E-state index in [9.17, 15) is 26.4 Å². The molecule has 1 N–H and O–H groups in total. The van der Waals surface area contributed by atoms with Crippen molar-refractivity contribution in [2.75, 3.05) is 28.5 Å². The number of aromatic nitrogens is 2. The van der Waals surface area contributed by atoms with Crippen molar-refractivity contribution < 1.29 is 31.1 Å². The Bertz CT molecular complexity index is 1200. The van der Waals surface area contributed by atoms with E-state index in [1.54, 1.807) is 13.0 Å². The molecule has 0 saturated carbocycles. The molecule has 1 aromatic carbocycles. The van der Waals surface area contributed by atoms with E-state index in [1.807, 2.05) is 23.5 Å². The van der Waals surface area contributed by atoms with Crippen molar-refractivity contribution in [3.8, 4) is 0 Å². The molecular weight excluding hydrogens is 509 g/mol. The number of rotatable bonds is 9. The Balaban J connectivity index is 1.93. The molecule has 1 aliphatic rings. The molecule has 0 fully saturated rings. The number of fused-ring (bicyclic) bond motifs is 1. The quantitative estimate of drug-likeness (QED) is 0.355. The number of nitrogens with one attached hydrogen (secondary N) is 1. The first-order valence-corrected chi connectivity index (χ1v) is 13.3. The van der Waals surface area contributed by atoms with E-state index in [1.165, 1.54) is 6.07 Å². The van der Waals surface area contributed by atoms with Crippen molar-refractivity contribution in [2.24, 2.45) is 10.2 Å². The fourth-order valence-corrected chi connectivity index (χ4v) is 4.91. The zero-order chi connectivity index (χ0) is 25.8. The van der Waals surface area contributed by atoms with Gasteiger partial charge in [-0.2, -0.15) is 13.2 Å². The number of sulfonamides is 1. The van der Waals surface area contributed by atoms with Gasteiger partial charge >= 0.3 is 12.1 Å². The van der Waals surface area contributed by atoms with Crippen LogP contribution in [-0.2, 0) is 21.2 Å². The number of hydrogen-bond donors (Lipinski definition) is 1. The summed E-state index contributed by atoms with van der Waals surface area (Å²) >= 11 is 0.820. The first-order chi connectivity index (χ1) is 16.4. The lowest BCUT2D eigenvalue weighted by Crippen LogP contribution is -2.30. The summed E-state index contributed by atoms with van der Waals surface area (Å²) < 4.78 is 69.8. The minimum absolute atomic E-state index is 0.00175. The highest BCUT2D eigenvalue weighted by atomic mass is 32.2. The summed E-state index contributed by atoms with van der Waals surface area (Å²) in [7, 11) is -4.75. The monoisotopic (exact) mass is 534 g/mol. The number of alkyl halides is 3. The third-order valence-electron chi connectivity index (χ3n) is 5.13. The van der Waals surface area contributed by atoms with Crippen molar-refractivity contribution in [3.63, 3.8) is 0 Å². The number of halogens is 3. The third kappa shape index (κ3) is 7.34. The highest BCUT2D eigenvalue weighted by molar-refractivity contribution is 7.92. The molecule has 0 saturated heterocycles. The standard InChI is InChI=1S/C20H25F3N6O4S2/c1-4-12(3)33-18(30)17-25-27-19(34-17)26-24-14-9-13-7-6-8-29(5-2)16(13)10-15(14)28-35(31,32)11-20(21,22)23/h9-10,12,28H,4-8,11H2,1-3H3. The Kier molecular flexibility index (Phi) is 8.30. The third-order valence-corrected chi connectivity index (χ3v) is 7.15. The fraction of sp³-hybridized carbons (Fsp3) is 0.550. The smallest absolute Gasteiger partial charge is 0.404 e. The predicted octanol–water partition coefficient (Wildman–Crippen LogP) is 4.99. The highest BCUT2D eigenvalue weighted by Crippen LogP contribution is 2.38. The Morgan fingerprint density at radius 1 is 1.29 bits per heavy atom. The molecule has 192 valence electrons. The number of hydrogen-bond acceptors (Lipinski definition) is 10. The number of ether oxygens (including phenoxy) is 1. The van der Waals surface area contributed by atoms with E-state index in [2.05, 4.69) is 20.4 Å². The van der Waals surface area contributed by atoms with Crippen molar-refractivity contribution in [3.05, 3.63) is 22.7 Å². The van der Waals surface area contributed by atoms with Crippen LogP contribution in [0.5, 0.6) is 0 Å². The van der Waals surface area contributed by atoms with Crippen LogP contribution in [0.1, 0.15) is 49.0 Å². The second kappa shape index (κ2) is 10.8. The molecule has 1 aliphatic heterocycles. The summed E-state index contributed by atoms with van der Waals surface area (Å²) in [6, 6.07) is 3.06. The van der Waals surface area contributed by atoms with E-state index >= 15 is 0 Å². The van der Waals surface area contributed by atoms with Crippen LogP contribution < -0.4 is 9.62 Å². The first-order valence-electron chi connectivity index (χ1n) is 10.9. The molecule has 0 radical (unpaired) electrons. The molecule has 1 aromatic heterocycles. The van der Waals surface area contributed by atoms with E-state index in [4.69, 9.17) is 4.74 Å². The molecule has 0 aliphatic carbocycles. The van der Waals surface area contributed by atoms with Crippen molar-refractivity contribution >= 4 is 49.5 Å². The van der Waals surface area contributed by atoms with Gasteiger partial charge < -0.3 is 9.64 Å². The Hall–Kier alpha value is -2.81. The molecule has 2 heterocycles. The molecule has 15 heteroatoms. The number of aryl methyl sites for hydroxylation is 1. The number of esters is 1. The summed E-state index contributed by atoms with van der Waals surface area (Å²) in [4.78, 5) is 14.1. The molecule has 3 rings (SSSR count). The summed E-state index contributed by atoms with van der Waals surface area (Å²) in [6.45, 7) is 6.89. The molecule has 1 atom stereocenters. The van der Waals surface area contributed by atoms with Gasteiger partial charge in [-0.25, -0.2) is 13.2 Å². The average Bonchev–Trinajstić information content (AvgIpc) is 3.24. The Morgan fingerprint density at radius 2 is 2.03 bits per heavy atom. The lowest BCUT2D eigenvalue weighted by molar-refractivity contribution is -0.106.